The van der Waals surface area contributed by atoms with E-state index in [1.165, 1.54) is 38.9 Å². The number of benzene rings is 1. The number of unbranched alkanes of at least 4 members (excludes halogenated alkanes) is 1. The Bertz CT molecular complexity index is 645. The average molecular weight is 286 g/mol. The molecule has 1 N–H and O–H groups in total. The number of hydrogen-bond donors (Lipinski definition) is 1. The van der Waals surface area contributed by atoms with Crippen LogP contribution in [0.4, 0.5) is 0 Å². The standard InChI is InChI=1S/C17H22N2O2/c20-17-8-6-14-5-7-15(13-16(14)18-17)21-12-4-3-11-19-9-1-2-10-19/h5-8,13H,1-4,9-12H2,(H,18,20). The molecule has 1 aromatic carbocycles. The van der Waals surface area contributed by atoms with Crippen LogP contribution in [-0.4, -0.2) is 36.1 Å². The molecule has 0 saturated carbocycles. The number of nitrogens with one attached hydrogen (secondary N) is 1. The number of ether oxygens (including phenoxy) is 1. The third kappa shape index (κ3) is 3.85. The van der Waals surface area contributed by atoms with Crippen molar-refractivity contribution in [3.63, 3.8) is 0 Å². The summed E-state index contributed by atoms with van der Waals surface area (Å²) in [6.07, 6.45) is 4.96. The molecule has 0 bridgehead atoms. The Morgan fingerprint density at radius 2 is 1.90 bits per heavy atom. The molecule has 0 amide bonds. The van der Waals surface area contributed by atoms with Crippen molar-refractivity contribution >= 4 is 10.9 Å². The summed E-state index contributed by atoms with van der Waals surface area (Å²) in [5.41, 5.74) is 0.752. The van der Waals surface area contributed by atoms with Gasteiger partial charge in [-0.05, 0) is 68.9 Å². The van der Waals surface area contributed by atoms with E-state index >= 15 is 0 Å². The first-order valence-electron chi connectivity index (χ1n) is 7.79. The van der Waals surface area contributed by atoms with Crippen LogP contribution in [0.2, 0.25) is 0 Å². The van der Waals surface area contributed by atoms with Gasteiger partial charge in [-0.15, -0.1) is 0 Å². The highest BCUT2D eigenvalue weighted by atomic mass is 16.5. The Morgan fingerprint density at radius 3 is 2.76 bits per heavy atom. The maximum atomic E-state index is 11.3. The molecular formula is C17H22N2O2. The fourth-order valence-electron chi connectivity index (χ4n) is 2.85. The van der Waals surface area contributed by atoms with Crippen molar-refractivity contribution in [2.45, 2.75) is 25.7 Å². The maximum Gasteiger partial charge on any atom is 0.248 e. The van der Waals surface area contributed by atoms with E-state index in [2.05, 4.69) is 9.88 Å². The summed E-state index contributed by atoms with van der Waals surface area (Å²) in [7, 11) is 0. The largest absolute Gasteiger partial charge is 0.494 e. The number of aromatic amines is 1. The smallest absolute Gasteiger partial charge is 0.248 e. The van der Waals surface area contributed by atoms with Gasteiger partial charge in [0, 0.05) is 12.1 Å². The van der Waals surface area contributed by atoms with Crippen molar-refractivity contribution < 1.29 is 4.74 Å². The van der Waals surface area contributed by atoms with E-state index in [1.807, 2.05) is 24.3 Å². The Morgan fingerprint density at radius 1 is 1.10 bits per heavy atom. The molecule has 0 radical (unpaired) electrons. The zero-order valence-electron chi connectivity index (χ0n) is 12.3. The Labute approximate surface area is 124 Å². The van der Waals surface area contributed by atoms with Crippen molar-refractivity contribution in [3.8, 4) is 5.75 Å². The minimum absolute atomic E-state index is 0.0785. The van der Waals surface area contributed by atoms with Gasteiger partial charge in [0.15, 0.2) is 0 Å². The number of fused-ring (bicyclic) bond motifs is 1. The van der Waals surface area contributed by atoms with Crippen molar-refractivity contribution in [1.29, 1.82) is 0 Å². The van der Waals surface area contributed by atoms with Crippen LogP contribution in [0.3, 0.4) is 0 Å². The molecular weight excluding hydrogens is 264 g/mol. The minimum atomic E-state index is -0.0785. The molecule has 1 aromatic heterocycles. The first-order valence-corrected chi connectivity index (χ1v) is 7.79. The molecule has 4 heteroatoms. The summed E-state index contributed by atoms with van der Waals surface area (Å²) in [5.74, 6) is 0.825. The number of hydrogen-bond acceptors (Lipinski definition) is 3. The van der Waals surface area contributed by atoms with Gasteiger partial charge in [-0.1, -0.05) is 0 Å². The zero-order valence-corrected chi connectivity index (χ0v) is 12.3. The lowest BCUT2D eigenvalue weighted by Gasteiger charge is -2.14. The van der Waals surface area contributed by atoms with E-state index in [4.69, 9.17) is 4.74 Å². The van der Waals surface area contributed by atoms with Crippen molar-refractivity contribution in [1.82, 2.24) is 9.88 Å². The Kier molecular flexibility index (Phi) is 4.55. The summed E-state index contributed by atoms with van der Waals surface area (Å²) >= 11 is 0. The topological polar surface area (TPSA) is 45.3 Å². The Hall–Kier alpha value is -1.81. The van der Waals surface area contributed by atoms with Gasteiger partial charge in [0.2, 0.25) is 5.56 Å². The fraction of sp³-hybridized carbons (Fsp3) is 0.471. The lowest BCUT2D eigenvalue weighted by Crippen LogP contribution is -2.20. The molecule has 1 aliphatic rings. The highest BCUT2D eigenvalue weighted by Crippen LogP contribution is 2.18. The summed E-state index contributed by atoms with van der Waals surface area (Å²) in [5, 5.41) is 1.02. The molecule has 112 valence electrons. The predicted octanol–water partition coefficient (Wildman–Crippen LogP) is 2.78. The van der Waals surface area contributed by atoms with Crippen LogP contribution < -0.4 is 10.3 Å². The highest BCUT2D eigenvalue weighted by Gasteiger charge is 2.10. The third-order valence-electron chi connectivity index (χ3n) is 4.03. The van der Waals surface area contributed by atoms with Gasteiger partial charge in [-0.3, -0.25) is 4.79 Å². The van der Waals surface area contributed by atoms with Gasteiger partial charge in [0.05, 0.1) is 12.1 Å². The number of H-pyrrole nitrogens is 1. The summed E-state index contributed by atoms with van der Waals surface area (Å²) in [4.78, 5) is 16.7. The van der Waals surface area contributed by atoms with E-state index in [0.717, 1.165) is 29.7 Å². The molecule has 1 aliphatic heterocycles. The van der Waals surface area contributed by atoms with Gasteiger partial charge in [-0.25, -0.2) is 0 Å². The average Bonchev–Trinajstić information content (AvgIpc) is 3.00. The van der Waals surface area contributed by atoms with Crippen molar-refractivity contribution in [2.75, 3.05) is 26.2 Å². The number of rotatable bonds is 6. The SMILES string of the molecule is O=c1ccc2ccc(OCCCCN3CCCC3)cc2[nH]1. The normalized spacial score (nSPS) is 15.6. The summed E-state index contributed by atoms with van der Waals surface area (Å²) in [6.45, 7) is 4.45. The lowest BCUT2D eigenvalue weighted by atomic mass is 10.2. The second-order valence-electron chi connectivity index (χ2n) is 5.68. The molecule has 21 heavy (non-hydrogen) atoms. The van der Waals surface area contributed by atoms with Crippen LogP contribution in [0.15, 0.2) is 35.1 Å². The van der Waals surface area contributed by atoms with E-state index in [0.29, 0.717) is 0 Å². The predicted molar refractivity (Wildman–Crippen MR) is 85.0 cm³/mol. The molecule has 2 aromatic rings. The maximum absolute atomic E-state index is 11.3. The zero-order chi connectivity index (χ0) is 14.5. The van der Waals surface area contributed by atoms with Crippen LogP contribution in [0.5, 0.6) is 5.75 Å². The molecule has 0 spiro atoms. The van der Waals surface area contributed by atoms with Crippen LogP contribution in [0.1, 0.15) is 25.7 Å². The molecule has 2 heterocycles. The molecule has 4 nitrogen and oxygen atoms in total. The number of likely N-dealkylation sites (tertiary alicyclic amines) is 1. The second kappa shape index (κ2) is 6.76. The van der Waals surface area contributed by atoms with Gasteiger partial charge in [0.25, 0.3) is 0 Å². The van der Waals surface area contributed by atoms with Crippen LogP contribution in [0, 0.1) is 0 Å². The van der Waals surface area contributed by atoms with E-state index in [-0.39, 0.29) is 5.56 Å². The first-order chi connectivity index (χ1) is 10.3. The van der Waals surface area contributed by atoms with Crippen molar-refractivity contribution in [2.24, 2.45) is 0 Å². The van der Waals surface area contributed by atoms with Gasteiger partial charge >= 0.3 is 0 Å². The Balaban J connectivity index is 1.47. The van der Waals surface area contributed by atoms with Crippen LogP contribution in [0.25, 0.3) is 10.9 Å². The van der Waals surface area contributed by atoms with Gasteiger partial charge < -0.3 is 14.6 Å². The second-order valence-corrected chi connectivity index (χ2v) is 5.68. The molecule has 1 saturated heterocycles. The van der Waals surface area contributed by atoms with E-state index in [1.54, 1.807) is 6.07 Å². The van der Waals surface area contributed by atoms with Crippen LogP contribution >= 0.6 is 0 Å². The highest BCUT2D eigenvalue weighted by molar-refractivity contribution is 5.79. The van der Waals surface area contributed by atoms with Gasteiger partial charge in [-0.2, -0.15) is 0 Å². The number of pyridine rings is 1. The van der Waals surface area contributed by atoms with E-state index < -0.39 is 0 Å². The lowest BCUT2D eigenvalue weighted by molar-refractivity contribution is 0.280. The molecule has 0 unspecified atom stereocenters. The minimum Gasteiger partial charge on any atom is -0.494 e. The third-order valence-corrected chi connectivity index (χ3v) is 4.03. The first kappa shape index (κ1) is 14.1. The monoisotopic (exact) mass is 286 g/mol. The quantitative estimate of drug-likeness (QED) is 0.831. The summed E-state index contributed by atoms with van der Waals surface area (Å²) in [6, 6.07) is 9.21. The van der Waals surface area contributed by atoms with Crippen molar-refractivity contribution in [3.05, 3.63) is 40.7 Å². The van der Waals surface area contributed by atoms with Gasteiger partial charge in [0.1, 0.15) is 5.75 Å². The molecule has 3 rings (SSSR count). The molecule has 0 aliphatic carbocycles. The number of aromatic nitrogens is 1. The van der Waals surface area contributed by atoms with E-state index in [9.17, 15) is 4.79 Å². The molecule has 0 atom stereocenters. The molecule has 1 fully saturated rings. The fourth-order valence-corrected chi connectivity index (χ4v) is 2.85. The summed E-state index contributed by atoms with van der Waals surface area (Å²) < 4.78 is 5.78. The number of nitrogens with zero attached hydrogens (tertiary/aromatic N) is 1. The van der Waals surface area contributed by atoms with Crippen LogP contribution in [-0.2, 0) is 0 Å².